The molecule has 1 aromatic rings. The minimum absolute atomic E-state index is 0.151. The maximum absolute atomic E-state index is 12.3. The number of carbonyl (C=O) groups is 1. The van der Waals surface area contributed by atoms with Crippen molar-refractivity contribution in [2.45, 2.75) is 19.4 Å². The third kappa shape index (κ3) is 2.70. The molecule has 0 saturated carbocycles. The van der Waals surface area contributed by atoms with E-state index in [0.29, 0.717) is 5.88 Å². The first kappa shape index (κ1) is 14.6. The third-order valence-electron chi connectivity index (χ3n) is 2.99. The van der Waals surface area contributed by atoms with E-state index < -0.39 is 5.54 Å². The first-order valence-electron chi connectivity index (χ1n) is 5.55. The summed E-state index contributed by atoms with van der Waals surface area (Å²) < 4.78 is 4.98. The highest BCUT2D eigenvalue weighted by Gasteiger charge is 2.29. The van der Waals surface area contributed by atoms with Crippen molar-refractivity contribution >= 4 is 17.5 Å². The van der Waals surface area contributed by atoms with Crippen LogP contribution in [0.1, 0.15) is 24.2 Å². The molecule has 18 heavy (non-hydrogen) atoms. The fraction of sp³-hybridized carbons (Fsp3) is 0.462. The predicted octanol–water partition coefficient (Wildman–Crippen LogP) is 2.49. The Hall–Kier alpha value is -1.42. The minimum atomic E-state index is -0.492. The molecule has 0 bridgehead atoms. The molecule has 1 amide bonds. The van der Waals surface area contributed by atoms with Gasteiger partial charge in [0, 0.05) is 12.9 Å². The van der Waals surface area contributed by atoms with Gasteiger partial charge in [0.2, 0.25) is 0 Å². The van der Waals surface area contributed by atoms with Gasteiger partial charge in [-0.3, -0.25) is 4.79 Å². The monoisotopic (exact) mass is 271 g/mol. The number of para-hydroxylation sites is 1. The smallest absolute Gasteiger partial charge is 0.257 e. The summed E-state index contributed by atoms with van der Waals surface area (Å²) in [5, 5.41) is 9.94. The summed E-state index contributed by atoms with van der Waals surface area (Å²) in [6.45, 7) is 3.71. The molecule has 0 radical (unpaired) electrons. The summed E-state index contributed by atoms with van der Waals surface area (Å²) in [5.74, 6) is 0.136. The zero-order valence-electron chi connectivity index (χ0n) is 11.0. The van der Waals surface area contributed by atoms with E-state index in [1.807, 2.05) is 13.8 Å². The number of hydrogen-bond donors (Lipinski definition) is 1. The number of phenolic OH excluding ortho intramolecular Hbond substituents is 1. The number of amides is 1. The average molecular weight is 272 g/mol. The second-order valence-electron chi connectivity index (χ2n) is 4.67. The topological polar surface area (TPSA) is 49.8 Å². The van der Waals surface area contributed by atoms with Gasteiger partial charge in [-0.1, -0.05) is 6.07 Å². The van der Waals surface area contributed by atoms with Gasteiger partial charge < -0.3 is 14.7 Å². The molecule has 1 aromatic carbocycles. The van der Waals surface area contributed by atoms with Gasteiger partial charge in [-0.25, -0.2) is 0 Å². The van der Waals surface area contributed by atoms with Crippen LogP contribution in [0.4, 0.5) is 0 Å². The molecule has 0 spiro atoms. The Balaban J connectivity index is 3.12. The number of nitrogens with zero attached hydrogens (tertiary/aromatic N) is 1. The molecule has 1 N–H and O–H groups in total. The second kappa shape index (κ2) is 5.48. The zero-order chi connectivity index (χ0) is 13.9. The SMILES string of the molecule is COc1cccc(C(=O)N(C)C(C)(C)CCl)c1O. The fourth-order valence-corrected chi connectivity index (χ4v) is 1.58. The van der Waals surface area contributed by atoms with Crippen molar-refractivity contribution in [3.8, 4) is 11.5 Å². The lowest BCUT2D eigenvalue weighted by atomic mass is 10.0. The standard InChI is InChI=1S/C13H18ClNO3/c1-13(2,8-14)15(3)12(17)9-6-5-7-10(18-4)11(9)16/h5-7,16H,8H2,1-4H3. The normalized spacial score (nSPS) is 11.2. The Morgan fingerprint density at radius 1 is 1.50 bits per heavy atom. The Morgan fingerprint density at radius 3 is 2.61 bits per heavy atom. The number of carbonyl (C=O) groups excluding carboxylic acids is 1. The van der Waals surface area contributed by atoms with Crippen LogP contribution in [0.25, 0.3) is 0 Å². The maximum Gasteiger partial charge on any atom is 0.257 e. The van der Waals surface area contributed by atoms with Crippen LogP contribution in [0.5, 0.6) is 11.5 Å². The van der Waals surface area contributed by atoms with Crippen molar-refractivity contribution in [2.75, 3.05) is 20.0 Å². The summed E-state index contributed by atoms with van der Waals surface area (Å²) in [7, 11) is 3.10. The fourth-order valence-electron chi connectivity index (χ4n) is 1.40. The van der Waals surface area contributed by atoms with E-state index in [4.69, 9.17) is 16.3 Å². The van der Waals surface area contributed by atoms with Gasteiger partial charge in [-0.05, 0) is 26.0 Å². The van der Waals surface area contributed by atoms with Gasteiger partial charge in [0.25, 0.3) is 5.91 Å². The van der Waals surface area contributed by atoms with E-state index >= 15 is 0 Å². The molecule has 1 rings (SSSR count). The number of ether oxygens (including phenoxy) is 1. The Kier molecular flexibility index (Phi) is 4.46. The van der Waals surface area contributed by atoms with Crippen LogP contribution in [0.2, 0.25) is 0 Å². The van der Waals surface area contributed by atoms with Gasteiger partial charge in [0.05, 0.1) is 18.2 Å². The number of methoxy groups -OCH3 is 1. The van der Waals surface area contributed by atoms with Gasteiger partial charge in [-0.2, -0.15) is 0 Å². The van der Waals surface area contributed by atoms with Crippen molar-refractivity contribution in [2.24, 2.45) is 0 Å². The van der Waals surface area contributed by atoms with Crippen LogP contribution >= 0.6 is 11.6 Å². The molecular weight excluding hydrogens is 254 g/mol. The van der Waals surface area contributed by atoms with Crippen molar-refractivity contribution < 1.29 is 14.6 Å². The second-order valence-corrected chi connectivity index (χ2v) is 4.93. The van der Waals surface area contributed by atoms with Crippen molar-refractivity contribution in [3.05, 3.63) is 23.8 Å². The molecule has 0 aromatic heterocycles. The van der Waals surface area contributed by atoms with Crippen LogP contribution in [-0.4, -0.2) is 41.5 Å². The Labute approximate surface area is 112 Å². The number of alkyl halides is 1. The summed E-state index contributed by atoms with van der Waals surface area (Å²) >= 11 is 5.84. The Bertz CT molecular complexity index is 446. The van der Waals surface area contributed by atoms with Gasteiger partial charge in [-0.15, -0.1) is 11.6 Å². The quantitative estimate of drug-likeness (QED) is 0.856. The predicted molar refractivity (Wildman–Crippen MR) is 71.6 cm³/mol. The number of halogens is 1. The zero-order valence-corrected chi connectivity index (χ0v) is 11.8. The van der Waals surface area contributed by atoms with Gasteiger partial charge in [0.1, 0.15) is 0 Å². The molecular formula is C13H18ClNO3. The highest BCUT2D eigenvalue weighted by molar-refractivity contribution is 6.18. The maximum atomic E-state index is 12.3. The third-order valence-corrected chi connectivity index (χ3v) is 3.64. The molecule has 0 aliphatic rings. The van der Waals surface area contributed by atoms with E-state index in [1.165, 1.54) is 12.0 Å². The number of hydrogen-bond acceptors (Lipinski definition) is 3. The van der Waals surface area contributed by atoms with E-state index in [1.54, 1.807) is 25.2 Å². The molecule has 0 saturated heterocycles. The lowest BCUT2D eigenvalue weighted by molar-refractivity contribution is 0.0656. The molecule has 0 aliphatic carbocycles. The number of benzene rings is 1. The molecule has 0 fully saturated rings. The van der Waals surface area contributed by atoms with Gasteiger partial charge >= 0.3 is 0 Å². The molecule has 0 unspecified atom stereocenters. The van der Waals surface area contributed by atoms with E-state index in [9.17, 15) is 9.90 Å². The van der Waals surface area contributed by atoms with Crippen LogP contribution in [0.3, 0.4) is 0 Å². The molecule has 0 aliphatic heterocycles. The van der Waals surface area contributed by atoms with E-state index in [0.717, 1.165) is 0 Å². The first-order valence-corrected chi connectivity index (χ1v) is 6.08. The average Bonchev–Trinajstić information content (AvgIpc) is 2.37. The number of phenols is 1. The summed E-state index contributed by atoms with van der Waals surface area (Å²) in [5.41, 5.74) is -0.288. The molecule has 100 valence electrons. The highest BCUT2D eigenvalue weighted by Crippen LogP contribution is 2.31. The lowest BCUT2D eigenvalue weighted by Gasteiger charge is -2.34. The number of aromatic hydroxyl groups is 1. The molecule has 5 heteroatoms. The molecule has 0 atom stereocenters. The van der Waals surface area contributed by atoms with E-state index in [-0.39, 0.29) is 23.0 Å². The summed E-state index contributed by atoms with van der Waals surface area (Å²) in [4.78, 5) is 13.8. The van der Waals surface area contributed by atoms with Crippen LogP contribution in [0.15, 0.2) is 18.2 Å². The summed E-state index contributed by atoms with van der Waals surface area (Å²) in [6, 6.07) is 4.81. The molecule has 4 nitrogen and oxygen atoms in total. The van der Waals surface area contributed by atoms with Crippen molar-refractivity contribution in [3.63, 3.8) is 0 Å². The highest BCUT2D eigenvalue weighted by atomic mass is 35.5. The Morgan fingerprint density at radius 2 is 2.11 bits per heavy atom. The van der Waals surface area contributed by atoms with Crippen LogP contribution < -0.4 is 4.74 Å². The van der Waals surface area contributed by atoms with Crippen molar-refractivity contribution in [1.82, 2.24) is 4.90 Å². The van der Waals surface area contributed by atoms with E-state index in [2.05, 4.69) is 0 Å². The van der Waals surface area contributed by atoms with Crippen LogP contribution in [-0.2, 0) is 0 Å². The van der Waals surface area contributed by atoms with Crippen molar-refractivity contribution in [1.29, 1.82) is 0 Å². The van der Waals surface area contributed by atoms with Gasteiger partial charge in [0.15, 0.2) is 11.5 Å². The molecule has 0 heterocycles. The summed E-state index contributed by atoms with van der Waals surface area (Å²) in [6.07, 6.45) is 0. The van der Waals surface area contributed by atoms with Crippen LogP contribution in [0, 0.1) is 0 Å². The number of rotatable bonds is 4. The minimum Gasteiger partial charge on any atom is -0.504 e. The lowest BCUT2D eigenvalue weighted by Crippen LogP contribution is -2.46. The largest absolute Gasteiger partial charge is 0.504 e. The first-order chi connectivity index (χ1) is 8.35.